The summed E-state index contributed by atoms with van der Waals surface area (Å²) >= 11 is 0. The Morgan fingerprint density at radius 3 is 2.45 bits per heavy atom. The largest absolute Gasteiger partial charge is 0.507 e. The summed E-state index contributed by atoms with van der Waals surface area (Å²) in [6.07, 6.45) is 1.82. The number of rotatable bonds is 5. The van der Waals surface area contributed by atoms with Crippen LogP contribution in [0.1, 0.15) is 24.0 Å². The van der Waals surface area contributed by atoms with Crippen molar-refractivity contribution in [3.63, 3.8) is 0 Å². The minimum atomic E-state index is -3.80. The Labute approximate surface area is 183 Å². The molecule has 2 fully saturated rings. The van der Waals surface area contributed by atoms with Gasteiger partial charge >= 0.3 is 0 Å². The van der Waals surface area contributed by atoms with E-state index in [1.165, 1.54) is 22.0 Å². The lowest BCUT2D eigenvalue weighted by atomic mass is 10.1. The molecular formula is C23H29N3O4S. The minimum absolute atomic E-state index is 0.0721. The normalized spacial score (nSPS) is 20.8. The van der Waals surface area contributed by atoms with E-state index in [9.17, 15) is 18.3 Å². The van der Waals surface area contributed by atoms with Crippen LogP contribution in [0.2, 0.25) is 0 Å². The molecule has 4 rings (SSSR count). The van der Waals surface area contributed by atoms with Crippen molar-refractivity contribution in [3.05, 3.63) is 59.7 Å². The number of phenolic OH excluding ortho intramolecular Hbond substituents is 1. The average Bonchev–Trinajstić information content (AvgIpc) is 3.23. The number of nitrogens with zero attached hydrogens (tertiary/aromatic N) is 3. The molecule has 0 bridgehead atoms. The predicted octanol–water partition coefficient (Wildman–Crippen LogP) is 2.20. The van der Waals surface area contributed by atoms with Gasteiger partial charge in [-0.1, -0.05) is 36.4 Å². The lowest BCUT2D eigenvalue weighted by molar-refractivity contribution is -0.137. The zero-order chi connectivity index (χ0) is 22.0. The molecule has 0 aliphatic carbocycles. The van der Waals surface area contributed by atoms with Crippen molar-refractivity contribution >= 4 is 15.9 Å². The summed E-state index contributed by atoms with van der Waals surface area (Å²) in [6.45, 7) is 4.61. The molecule has 1 amide bonds. The number of amides is 1. The van der Waals surface area contributed by atoms with E-state index >= 15 is 0 Å². The Morgan fingerprint density at radius 2 is 1.74 bits per heavy atom. The van der Waals surface area contributed by atoms with Crippen LogP contribution in [0.15, 0.2) is 53.4 Å². The summed E-state index contributed by atoms with van der Waals surface area (Å²) in [7, 11) is -3.80. The first-order chi connectivity index (χ1) is 14.9. The quantitative estimate of drug-likeness (QED) is 0.766. The molecule has 2 aliphatic rings. The van der Waals surface area contributed by atoms with E-state index in [4.69, 9.17) is 0 Å². The summed E-state index contributed by atoms with van der Waals surface area (Å²) in [5.74, 6) is -0.157. The van der Waals surface area contributed by atoms with Crippen molar-refractivity contribution in [2.45, 2.75) is 37.2 Å². The third-order valence-electron chi connectivity index (χ3n) is 6.16. The van der Waals surface area contributed by atoms with Gasteiger partial charge in [0, 0.05) is 32.7 Å². The van der Waals surface area contributed by atoms with Crippen molar-refractivity contribution in [3.8, 4) is 5.75 Å². The van der Waals surface area contributed by atoms with Crippen LogP contribution in [0.3, 0.4) is 0 Å². The highest BCUT2D eigenvalue weighted by molar-refractivity contribution is 7.89. The number of carbonyl (C=O) groups is 1. The lowest BCUT2D eigenvalue weighted by Crippen LogP contribution is -2.54. The second kappa shape index (κ2) is 8.98. The topological polar surface area (TPSA) is 81.2 Å². The molecule has 2 aromatic carbocycles. The van der Waals surface area contributed by atoms with E-state index in [1.54, 1.807) is 17.9 Å². The summed E-state index contributed by atoms with van der Waals surface area (Å²) in [5, 5.41) is 10.1. The van der Waals surface area contributed by atoms with Gasteiger partial charge in [-0.2, -0.15) is 4.31 Å². The fraction of sp³-hybridized carbons (Fsp3) is 0.435. The molecular weight excluding hydrogens is 414 g/mol. The van der Waals surface area contributed by atoms with Crippen LogP contribution in [-0.2, 0) is 21.4 Å². The third-order valence-corrected chi connectivity index (χ3v) is 8.09. The first kappa shape index (κ1) is 21.8. The molecule has 0 radical (unpaired) electrons. The van der Waals surface area contributed by atoms with E-state index in [0.29, 0.717) is 13.1 Å². The number of aryl methyl sites for hydroxylation is 1. The molecule has 0 saturated carbocycles. The SMILES string of the molecule is Cc1ccc(O)c(S(=O)(=O)N2CCN(C(=O)C3CCCN3Cc3ccccc3)CC2)c1. The fourth-order valence-corrected chi connectivity index (χ4v) is 6.03. The maximum Gasteiger partial charge on any atom is 0.246 e. The van der Waals surface area contributed by atoms with E-state index in [2.05, 4.69) is 17.0 Å². The summed E-state index contributed by atoms with van der Waals surface area (Å²) in [6, 6.07) is 14.6. The molecule has 1 N–H and O–H groups in total. The second-order valence-electron chi connectivity index (χ2n) is 8.31. The predicted molar refractivity (Wildman–Crippen MR) is 118 cm³/mol. The van der Waals surface area contributed by atoms with Crippen molar-refractivity contribution < 1.29 is 18.3 Å². The molecule has 2 aliphatic heterocycles. The summed E-state index contributed by atoms with van der Waals surface area (Å²) in [5.41, 5.74) is 1.96. The summed E-state index contributed by atoms with van der Waals surface area (Å²) < 4.78 is 27.4. The molecule has 0 spiro atoms. The van der Waals surface area contributed by atoms with Crippen LogP contribution in [0.4, 0.5) is 0 Å². The first-order valence-corrected chi connectivity index (χ1v) is 12.2. The molecule has 0 aromatic heterocycles. The lowest BCUT2D eigenvalue weighted by Gasteiger charge is -2.36. The van der Waals surface area contributed by atoms with Crippen molar-refractivity contribution in [2.75, 3.05) is 32.7 Å². The van der Waals surface area contributed by atoms with Crippen LogP contribution in [0, 0.1) is 6.92 Å². The summed E-state index contributed by atoms with van der Waals surface area (Å²) in [4.78, 5) is 17.1. The molecule has 31 heavy (non-hydrogen) atoms. The van der Waals surface area contributed by atoms with Crippen molar-refractivity contribution in [1.82, 2.24) is 14.1 Å². The van der Waals surface area contributed by atoms with Gasteiger partial charge < -0.3 is 10.0 Å². The first-order valence-electron chi connectivity index (χ1n) is 10.7. The van der Waals surface area contributed by atoms with Gasteiger partial charge in [0.1, 0.15) is 10.6 Å². The molecule has 8 heteroatoms. The van der Waals surface area contributed by atoms with Crippen LogP contribution < -0.4 is 0 Å². The fourth-order valence-electron chi connectivity index (χ4n) is 4.44. The Bertz CT molecular complexity index is 1030. The molecule has 1 unspecified atom stereocenters. The van der Waals surface area contributed by atoms with Gasteiger partial charge in [0.05, 0.1) is 6.04 Å². The molecule has 2 aromatic rings. The highest BCUT2D eigenvalue weighted by atomic mass is 32.2. The van der Waals surface area contributed by atoms with Crippen LogP contribution >= 0.6 is 0 Å². The maximum absolute atomic E-state index is 13.2. The Kier molecular flexibility index (Phi) is 6.31. The van der Waals surface area contributed by atoms with E-state index in [1.807, 2.05) is 18.2 Å². The smallest absolute Gasteiger partial charge is 0.246 e. The van der Waals surface area contributed by atoms with Crippen LogP contribution in [0.5, 0.6) is 5.75 Å². The zero-order valence-electron chi connectivity index (χ0n) is 17.8. The number of carbonyl (C=O) groups excluding carboxylic acids is 1. The standard InChI is InChI=1S/C23H29N3O4S/c1-18-9-10-21(27)22(16-18)31(29,30)26-14-12-24(13-15-26)23(28)20-8-5-11-25(20)17-19-6-3-2-4-7-19/h2-4,6-7,9-10,16,20,27H,5,8,11-15,17H2,1H3. The number of likely N-dealkylation sites (tertiary alicyclic amines) is 1. The monoisotopic (exact) mass is 443 g/mol. The van der Waals surface area contributed by atoms with Gasteiger partial charge in [-0.15, -0.1) is 0 Å². The number of benzene rings is 2. The van der Waals surface area contributed by atoms with Crippen molar-refractivity contribution in [1.29, 1.82) is 0 Å². The van der Waals surface area contributed by atoms with Crippen molar-refractivity contribution in [2.24, 2.45) is 0 Å². The number of sulfonamides is 1. The number of aromatic hydroxyl groups is 1. The van der Waals surface area contributed by atoms with Gasteiger partial charge in [-0.3, -0.25) is 9.69 Å². The average molecular weight is 444 g/mol. The Hall–Kier alpha value is -2.42. The minimum Gasteiger partial charge on any atom is -0.507 e. The molecule has 2 heterocycles. The van der Waals surface area contributed by atoms with Crippen LogP contribution in [0.25, 0.3) is 0 Å². The molecule has 166 valence electrons. The maximum atomic E-state index is 13.2. The molecule has 2 saturated heterocycles. The number of hydrogen-bond acceptors (Lipinski definition) is 5. The van der Waals surface area contributed by atoms with Gasteiger partial charge in [0.15, 0.2) is 0 Å². The van der Waals surface area contributed by atoms with Gasteiger partial charge in [0.25, 0.3) is 0 Å². The van der Waals surface area contributed by atoms with Gasteiger partial charge in [-0.25, -0.2) is 8.42 Å². The zero-order valence-corrected chi connectivity index (χ0v) is 18.6. The number of hydrogen-bond donors (Lipinski definition) is 1. The second-order valence-corrected chi connectivity index (χ2v) is 10.2. The van der Waals surface area contributed by atoms with Crippen LogP contribution in [-0.4, -0.2) is 72.3 Å². The highest BCUT2D eigenvalue weighted by Crippen LogP contribution is 2.28. The molecule has 7 nitrogen and oxygen atoms in total. The Balaban J connectivity index is 1.40. The number of piperazine rings is 1. The van der Waals surface area contributed by atoms with E-state index < -0.39 is 10.0 Å². The van der Waals surface area contributed by atoms with Gasteiger partial charge in [0.2, 0.25) is 15.9 Å². The van der Waals surface area contributed by atoms with E-state index in [-0.39, 0.29) is 35.7 Å². The number of phenols is 1. The Morgan fingerprint density at radius 1 is 1.03 bits per heavy atom. The van der Waals surface area contributed by atoms with Gasteiger partial charge in [-0.05, 0) is 49.6 Å². The highest BCUT2D eigenvalue weighted by Gasteiger charge is 2.37. The van der Waals surface area contributed by atoms with E-state index in [0.717, 1.165) is 31.5 Å². The third kappa shape index (κ3) is 4.61. The molecule has 1 atom stereocenters.